The lowest BCUT2D eigenvalue weighted by atomic mass is 10.0. The lowest BCUT2D eigenvalue weighted by Gasteiger charge is -2.25. The van der Waals surface area contributed by atoms with E-state index in [9.17, 15) is 19.8 Å². The van der Waals surface area contributed by atoms with E-state index in [1.807, 2.05) is 44.2 Å². The van der Waals surface area contributed by atoms with E-state index in [2.05, 4.69) is 10.6 Å². The second-order valence-corrected chi connectivity index (χ2v) is 7.78. The molecular weight excluding hydrogens is 418 g/mol. The number of nitrogens with two attached hydrogens (primary N) is 1. The molecule has 0 heterocycles. The van der Waals surface area contributed by atoms with E-state index in [0.29, 0.717) is 6.42 Å². The molecule has 0 radical (unpaired) electrons. The quantitative estimate of drug-likeness (QED) is 0.375. The highest BCUT2D eigenvalue weighted by atomic mass is 35.5. The number of amides is 2. The van der Waals surface area contributed by atoms with Crippen LogP contribution in [0.1, 0.15) is 25.0 Å². The summed E-state index contributed by atoms with van der Waals surface area (Å²) < 4.78 is 0. The van der Waals surface area contributed by atoms with Gasteiger partial charge >= 0.3 is 0 Å². The van der Waals surface area contributed by atoms with Crippen molar-refractivity contribution in [1.29, 1.82) is 0 Å². The Morgan fingerprint density at radius 2 is 1.52 bits per heavy atom. The number of carbonyl (C=O) groups excluding carboxylic acids is 2. The highest BCUT2D eigenvalue weighted by Gasteiger charge is 2.26. The van der Waals surface area contributed by atoms with Crippen LogP contribution in [-0.4, -0.2) is 46.8 Å². The minimum absolute atomic E-state index is 0. The van der Waals surface area contributed by atoms with Crippen molar-refractivity contribution in [3.63, 3.8) is 0 Å². The number of hydrogen-bond acceptors (Lipinski definition) is 6. The van der Waals surface area contributed by atoms with Gasteiger partial charge in [-0.05, 0) is 42.0 Å². The van der Waals surface area contributed by atoms with E-state index in [-0.39, 0.29) is 43.1 Å². The van der Waals surface area contributed by atoms with Gasteiger partial charge in [0.2, 0.25) is 11.8 Å². The Balaban J connectivity index is 0.00000480. The van der Waals surface area contributed by atoms with Crippen LogP contribution in [-0.2, 0) is 22.4 Å². The predicted octanol–water partition coefficient (Wildman–Crippen LogP) is 1.54. The van der Waals surface area contributed by atoms with E-state index in [4.69, 9.17) is 5.73 Å². The van der Waals surface area contributed by atoms with Crippen molar-refractivity contribution in [3.05, 3.63) is 65.7 Å². The number of carbonyl (C=O) groups is 2. The van der Waals surface area contributed by atoms with Gasteiger partial charge in [0.1, 0.15) is 5.75 Å². The van der Waals surface area contributed by atoms with Gasteiger partial charge < -0.3 is 21.3 Å². The van der Waals surface area contributed by atoms with Crippen LogP contribution in [0.4, 0.5) is 0 Å². The molecule has 0 saturated heterocycles. The van der Waals surface area contributed by atoms with Crippen LogP contribution < -0.4 is 16.4 Å². The number of halogens is 1. The Morgan fingerprint density at radius 3 is 2.06 bits per heavy atom. The summed E-state index contributed by atoms with van der Waals surface area (Å²) in [5, 5.41) is 24.9. The molecule has 0 aliphatic rings. The summed E-state index contributed by atoms with van der Waals surface area (Å²) >= 11 is 0. The average Bonchev–Trinajstić information content (AvgIpc) is 2.74. The van der Waals surface area contributed by atoms with Crippen molar-refractivity contribution in [1.82, 2.24) is 10.6 Å². The van der Waals surface area contributed by atoms with Crippen LogP contribution in [0.2, 0.25) is 0 Å². The number of hydrogen-bond donors (Lipinski definition) is 5. The molecule has 2 aromatic carbocycles. The van der Waals surface area contributed by atoms with Crippen molar-refractivity contribution >= 4 is 24.2 Å². The summed E-state index contributed by atoms with van der Waals surface area (Å²) in [6.07, 6.45) is 0.803. The molecule has 170 valence electrons. The zero-order chi connectivity index (χ0) is 22.1. The molecule has 6 N–H and O–H groups in total. The largest absolute Gasteiger partial charge is 0.508 e. The predicted molar refractivity (Wildman–Crippen MR) is 123 cm³/mol. The molecule has 8 heteroatoms. The number of rotatable bonds is 10. The Kier molecular flexibility index (Phi) is 11.2. The minimum atomic E-state index is -0.791. The summed E-state index contributed by atoms with van der Waals surface area (Å²) in [7, 11) is 0. The Labute approximate surface area is 189 Å². The van der Waals surface area contributed by atoms with Crippen molar-refractivity contribution in [2.45, 2.75) is 44.8 Å². The smallest absolute Gasteiger partial charge is 0.244 e. The second-order valence-electron chi connectivity index (χ2n) is 7.78. The van der Waals surface area contributed by atoms with Crippen molar-refractivity contribution in [2.24, 2.45) is 11.7 Å². The number of nitrogens with one attached hydrogen (secondary N) is 2. The summed E-state index contributed by atoms with van der Waals surface area (Å²) in [4.78, 5) is 25.2. The summed E-state index contributed by atoms with van der Waals surface area (Å²) in [6.45, 7) is 3.44. The molecular formula is C23H32ClN3O4. The van der Waals surface area contributed by atoms with E-state index in [1.165, 1.54) is 12.1 Å². The van der Waals surface area contributed by atoms with Crippen LogP contribution in [0.3, 0.4) is 0 Å². The average molecular weight is 450 g/mol. The van der Waals surface area contributed by atoms with Crippen LogP contribution in [0.15, 0.2) is 54.6 Å². The van der Waals surface area contributed by atoms with Gasteiger partial charge in [0.05, 0.1) is 18.7 Å². The molecule has 0 unspecified atom stereocenters. The highest BCUT2D eigenvalue weighted by molar-refractivity contribution is 6.00. The topological polar surface area (TPSA) is 125 Å². The molecule has 2 amide bonds. The van der Waals surface area contributed by atoms with Crippen LogP contribution in [0.5, 0.6) is 5.75 Å². The molecule has 3 atom stereocenters. The summed E-state index contributed by atoms with van der Waals surface area (Å²) in [6, 6.07) is 14.2. The number of benzene rings is 2. The number of imide groups is 1. The lowest BCUT2D eigenvalue weighted by Crippen LogP contribution is -2.55. The van der Waals surface area contributed by atoms with E-state index < -0.39 is 23.9 Å². The zero-order valence-electron chi connectivity index (χ0n) is 17.8. The maximum absolute atomic E-state index is 12.9. The molecule has 0 aliphatic carbocycles. The number of aromatic hydroxyl groups is 1. The molecule has 0 aliphatic heterocycles. The van der Waals surface area contributed by atoms with Gasteiger partial charge in [0, 0.05) is 6.04 Å². The van der Waals surface area contributed by atoms with Gasteiger partial charge in [-0.3, -0.25) is 14.9 Å². The Hall–Kier alpha value is -2.45. The van der Waals surface area contributed by atoms with E-state index in [1.54, 1.807) is 12.1 Å². The molecule has 0 saturated carbocycles. The van der Waals surface area contributed by atoms with Gasteiger partial charge in [-0.25, -0.2) is 0 Å². The third kappa shape index (κ3) is 8.67. The normalized spacial score (nSPS) is 13.7. The standard InChI is InChI=1S/C23H31N3O4.ClH/c1-15(2)21(24)23(30)26-22(29)20(13-17-8-10-19(28)11-9-17)25-18(14-27)12-16-6-4-3-5-7-16;/h3-11,15,18,20-21,25,27-28H,12-14,24H2,1-2H3,(H,26,29,30);1H/t18-,20-,21-;/m0./s1. The van der Waals surface area contributed by atoms with Crippen LogP contribution >= 0.6 is 12.4 Å². The molecule has 0 fully saturated rings. The third-order valence-corrected chi connectivity index (χ3v) is 4.94. The van der Waals surface area contributed by atoms with Crippen molar-refractivity contribution in [2.75, 3.05) is 6.61 Å². The zero-order valence-corrected chi connectivity index (χ0v) is 18.6. The van der Waals surface area contributed by atoms with Gasteiger partial charge in [0.25, 0.3) is 0 Å². The maximum atomic E-state index is 12.9. The highest BCUT2D eigenvalue weighted by Crippen LogP contribution is 2.13. The van der Waals surface area contributed by atoms with Crippen LogP contribution in [0, 0.1) is 5.92 Å². The molecule has 0 spiro atoms. The fraction of sp³-hybridized carbons (Fsp3) is 0.391. The summed E-state index contributed by atoms with van der Waals surface area (Å²) in [5.41, 5.74) is 7.68. The van der Waals surface area contributed by atoms with Crippen molar-refractivity contribution in [3.8, 4) is 5.75 Å². The molecule has 2 aromatic rings. The van der Waals surface area contributed by atoms with Gasteiger partial charge in [0.15, 0.2) is 0 Å². The second kappa shape index (κ2) is 13.1. The Bertz CT molecular complexity index is 815. The fourth-order valence-corrected chi connectivity index (χ4v) is 3.05. The molecule has 7 nitrogen and oxygen atoms in total. The van der Waals surface area contributed by atoms with E-state index in [0.717, 1.165) is 11.1 Å². The number of phenolic OH excluding ortho intramolecular Hbond substituents is 1. The van der Waals surface area contributed by atoms with Gasteiger partial charge in [-0.2, -0.15) is 0 Å². The third-order valence-electron chi connectivity index (χ3n) is 4.94. The summed E-state index contributed by atoms with van der Waals surface area (Å²) in [5.74, 6) is -1.01. The number of phenols is 1. The molecule has 31 heavy (non-hydrogen) atoms. The lowest BCUT2D eigenvalue weighted by molar-refractivity contribution is -0.133. The van der Waals surface area contributed by atoms with Gasteiger partial charge in [-0.1, -0.05) is 56.3 Å². The first-order valence-electron chi connectivity index (χ1n) is 10.1. The first-order chi connectivity index (χ1) is 14.3. The van der Waals surface area contributed by atoms with E-state index >= 15 is 0 Å². The first kappa shape index (κ1) is 26.6. The first-order valence-corrected chi connectivity index (χ1v) is 10.1. The minimum Gasteiger partial charge on any atom is -0.508 e. The molecule has 0 aromatic heterocycles. The maximum Gasteiger partial charge on any atom is 0.244 e. The Morgan fingerprint density at radius 1 is 0.935 bits per heavy atom. The monoisotopic (exact) mass is 449 g/mol. The van der Waals surface area contributed by atoms with Crippen molar-refractivity contribution < 1.29 is 19.8 Å². The van der Waals surface area contributed by atoms with Crippen LogP contribution in [0.25, 0.3) is 0 Å². The van der Waals surface area contributed by atoms with Gasteiger partial charge in [-0.15, -0.1) is 12.4 Å². The molecule has 0 bridgehead atoms. The fourth-order valence-electron chi connectivity index (χ4n) is 3.05. The molecule has 2 rings (SSSR count). The number of aliphatic hydroxyl groups excluding tert-OH is 1. The number of aliphatic hydroxyl groups is 1. The SMILES string of the molecule is CC(C)[C@H](N)C(=O)NC(=O)[C@H](Cc1ccc(O)cc1)N[C@H](CO)Cc1ccccc1.Cl.